The summed E-state index contributed by atoms with van der Waals surface area (Å²) < 4.78 is 10.7. The average molecular weight is 419 g/mol. The first-order valence-electron chi connectivity index (χ1n) is 10.1. The smallest absolute Gasteiger partial charge is 0.276 e. The Morgan fingerprint density at radius 1 is 1.13 bits per heavy atom. The number of pyridine rings is 1. The minimum absolute atomic E-state index is 0.264. The molecule has 0 fully saturated rings. The predicted octanol–water partition coefficient (Wildman–Crippen LogP) is 4.24. The Morgan fingerprint density at radius 2 is 1.94 bits per heavy atom. The van der Waals surface area contributed by atoms with Crippen molar-refractivity contribution in [1.29, 1.82) is 0 Å². The van der Waals surface area contributed by atoms with Crippen molar-refractivity contribution in [2.24, 2.45) is 0 Å². The Morgan fingerprint density at radius 3 is 2.65 bits per heavy atom. The third-order valence-electron chi connectivity index (χ3n) is 5.12. The van der Waals surface area contributed by atoms with E-state index in [0.29, 0.717) is 24.6 Å². The molecule has 0 atom stereocenters. The predicted molar refractivity (Wildman–Crippen MR) is 120 cm³/mol. The van der Waals surface area contributed by atoms with Crippen molar-refractivity contribution >= 4 is 22.6 Å². The Labute approximate surface area is 180 Å². The van der Waals surface area contributed by atoms with E-state index in [1.807, 2.05) is 50.2 Å². The first-order chi connectivity index (χ1) is 15.0. The van der Waals surface area contributed by atoms with Gasteiger partial charge in [-0.3, -0.25) is 9.89 Å². The lowest BCUT2D eigenvalue weighted by molar-refractivity contribution is 0.102. The topological polar surface area (TPSA) is 105 Å². The van der Waals surface area contributed by atoms with Gasteiger partial charge in [0.2, 0.25) is 0 Å². The van der Waals surface area contributed by atoms with Crippen molar-refractivity contribution in [3.63, 3.8) is 0 Å². The molecule has 0 aliphatic carbocycles. The number of ether oxygens (including phenoxy) is 2. The summed E-state index contributed by atoms with van der Waals surface area (Å²) in [6, 6.07) is 11.8. The second kappa shape index (κ2) is 9.01. The molecule has 0 bridgehead atoms. The number of carbonyl (C=O) groups excluding carboxylic acids is 1. The fourth-order valence-electron chi connectivity index (χ4n) is 3.26. The molecule has 8 nitrogen and oxygen atoms in total. The number of aryl methyl sites for hydroxylation is 1. The molecule has 4 aromatic rings. The molecule has 0 saturated carbocycles. The van der Waals surface area contributed by atoms with E-state index in [1.54, 1.807) is 13.3 Å². The summed E-state index contributed by atoms with van der Waals surface area (Å²) in [5.41, 5.74) is 5.42. The zero-order chi connectivity index (χ0) is 21.8. The van der Waals surface area contributed by atoms with Gasteiger partial charge in [-0.1, -0.05) is 0 Å². The van der Waals surface area contributed by atoms with E-state index in [9.17, 15) is 4.79 Å². The molecule has 1 amide bonds. The van der Waals surface area contributed by atoms with Crippen LogP contribution in [0.4, 0.5) is 5.69 Å². The van der Waals surface area contributed by atoms with Crippen molar-refractivity contribution < 1.29 is 14.3 Å². The van der Waals surface area contributed by atoms with Crippen LogP contribution in [0.15, 0.2) is 42.6 Å². The van der Waals surface area contributed by atoms with Crippen LogP contribution in [0, 0.1) is 13.8 Å². The standard InChI is InChI=1S/C23H25N5O3/c1-14-15(2)27-28-21(14)23(29)25-18-11-17-12-20(26-22(17)24-13-18)16-5-7-19(8-6-16)31-10-4-9-30-3/h5-8,11-13H,4,9-10H2,1-3H3,(H,24,26)(H,25,29)(H,27,28). The first-order valence-corrected chi connectivity index (χ1v) is 10.1. The molecule has 4 rings (SSSR count). The fraction of sp³-hybridized carbons (Fsp3) is 0.261. The van der Waals surface area contributed by atoms with Crippen LogP contribution < -0.4 is 10.1 Å². The summed E-state index contributed by atoms with van der Waals surface area (Å²) in [5.74, 6) is 0.558. The highest BCUT2D eigenvalue weighted by Crippen LogP contribution is 2.26. The quantitative estimate of drug-likeness (QED) is 0.371. The number of methoxy groups -OCH3 is 1. The van der Waals surface area contributed by atoms with Crippen LogP contribution in [0.1, 0.15) is 28.2 Å². The summed E-state index contributed by atoms with van der Waals surface area (Å²) in [6.07, 6.45) is 2.48. The fourth-order valence-corrected chi connectivity index (χ4v) is 3.26. The number of nitrogens with zero attached hydrogens (tertiary/aromatic N) is 2. The van der Waals surface area contributed by atoms with Gasteiger partial charge in [0.25, 0.3) is 5.91 Å². The maximum absolute atomic E-state index is 12.5. The lowest BCUT2D eigenvalue weighted by atomic mass is 10.1. The summed E-state index contributed by atoms with van der Waals surface area (Å²) in [5, 5.41) is 10.7. The van der Waals surface area contributed by atoms with Crippen LogP contribution in [0.25, 0.3) is 22.3 Å². The highest BCUT2D eigenvalue weighted by molar-refractivity contribution is 6.04. The van der Waals surface area contributed by atoms with E-state index >= 15 is 0 Å². The van der Waals surface area contributed by atoms with Gasteiger partial charge in [0.05, 0.1) is 18.5 Å². The lowest BCUT2D eigenvalue weighted by Crippen LogP contribution is -2.13. The number of hydrogen-bond acceptors (Lipinski definition) is 5. The Balaban J connectivity index is 1.47. The molecule has 1 aromatic carbocycles. The van der Waals surface area contributed by atoms with Crippen molar-refractivity contribution in [3.05, 3.63) is 59.5 Å². The number of rotatable bonds is 8. The van der Waals surface area contributed by atoms with Gasteiger partial charge in [-0.2, -0.15) is 5.10 Å². The average Bonchev–Trinajstić information content (AvgIpc) is 3.34. The number of anilines is 1. The van der Waals surface area contributed by atoms with E-state index in [-0.39, 0.29) is 5.91 Å². The number of amides is 1. The van der Waals surface area contributed by atoms with Crippen LogP contribution in [0.5, 0.6) is 5.75 Å². The molecule has 31 heavy (non-hydrogen) atoms. The number of H-pyrrole nitrogens is 2. The molecule has 160 valence electrons. The van der Waals surface area contributed by atoms with Crippen molar-refractivity contribution in [3.8, 4) is 17.0 Å². The normalized spacial score (nSPS) is 11.1. The van der Waals surface area contributed by atoms with Gasteiger partial charge < -0.3 is 19.8 Å². The second-order valence-corrected chi connectivity index (χ2v) is 7.34. The molecule has 0 saturated heterocycles. The molecule has 0 aliphatic rings. The number of aromatic nitrogens is 4. The molecule has 0 spiro atoms. The number of carbonyl (C=O) groups is 1. The number of benzene rings is 1. The van der Waals surface area contributed by atoms with Gasteiger partial charge in [0.15, 0.2) is 5.69 Å². The number of nitrogens with one attached hydrogen (secondary N) is 3. The third-order valence-corrected chi connectivity index (χ3v) is 5.12. The van der Waals surface area contributed by atoms with Gasteiger partial charge in [-0.25, -0.2) is 4.98 Å². The summed E-state index contributed by atoms with van der Waals surface area (Å²) in [6.45, 7) is 5.05. The summed E-state index contributed by atoms with van der Waals surface area (Å²) in [7, 11) is 1.68. The molecule has 3 N–H and O–H groups in total. The van der Waals surface area contributed by atoms with Gasteiger partial charge in [-0.05, 0) is 55.8 Å². The van der Waals surface area contributed by atoms with Crippen LogP contribution >= 0.6 is 0 Å². The monoisotopic (exact) mass is 419 g/mol. The molecule has 3 aromatic heterocycles. The van der Waals surface area contributed by atoms with E-state index in [4.69, 9.17) is 9.47 Å². The molecular formula is C23H25N5O3. The number of fused-ring (bicyclic) bond motifs is 1. The molecule has 0 aliphatic heterocycles. The van der Waals surface area contributed by atoms with Crippen LogP contribution in [-0.2, 0) is 4.74 Å². The van der Waals surface area contributed by atoms with E-state index in [2.05, 4.69) is 25.5 Å². The minimum atomic E-state index is -0.264. The van der Waals surface area contributed by atoms with Crippen molar-refractivity contribution in [2.45, 2.75) is 20.3 Å². The Hall–Kier alpha value is -3.65. The molecule has 8 heteroatoms. The van der Waals surface area contributed by atoms with Gasteiger partial charge in [-0.15, -0.1) is 0 Å². The zero-order valence-electron chi connectivity index (χ0n) is 17.8. The van der Waals surface area contributed by atoms with Gasteiger partial charge >= 0.3 is 0 Å². The maximum atomic E-state index is 12.5. The molecule has 3 heterocycles. The number of hydrogen-bond donors (Lipinski definition) is 3. The van der Waals surface area contributed by atoms with Crippen molar-refractivity contribution in [1.82, 2.24) is 20.2 Å². The highest BCUT2D eigenvalue weighted by atomic mass is 16.5. The van der Waals surface area contributed by atoms with E-state index in [0.717, 1.165) is 45.7 Å². The Bertz CT molecular complexity index is 1190. The van der Waals surface area contributed by atoms with Crippen LogP contribution in [-0.4, -0.2) is 46.4 Å². The molecule has 0 unspecified atom stereocenters. The van der Waals surface area contributed by atoms with E-state index in [1.165, 1.54) is 0 Å². The maximum Gasteiger partial charge on any atom is 0.276 e. The lowest BCUT2D eigenvalue weighted by Gasteiger charge is -2.06. The third kappa shape index (κ3) is 4.59. The van der Waals surface area contributed by atoms with Crippen molar-refractivity contribution in [2.75, 3.05) is 25.6 Å². The SMILES string of the molecule is COCCCOc1ccc(-c2cc3cc(NC(=O)c4n[nH]c(C)c4C)cnc3[nH]2)cc1. The summed E-state index contributed by atoms with van der Waals surface area (Å²) in [4.78, 5) is 20.3. The van der Waals surface area contributed by atoms with Gasteiger partial charge in [0.1, 0.15) is 11.4 Å². The van der Waals surface area contributed by atoms with Crippen LogP contribution in [0.3, 0.4) is 0 Å². The number of aromatic amines is 2. The largest absolute Gasteiger partial charge is 0.494 e. The van der Waals surface area contributed by atoms with E-state index < -0.39 is 0 Å². The Kier molecular flexibility index (Phi) is 5.99. The van der Waals surface area contributed by atoms with Gasteiger partial charge in [0, 0.05) is 42.5 Å². The minimum Gasteiger partial charge on any atom is -0.494 e. The zero-order valence-corrected chi connectivity index (χ0v) is 17.8. The first kappa shape index (κ1) is 20.6. The molecular weight excluding hydrogens is 394 g/mol. The molecule has 0 radical (unpaired) electrons. The second-order valence-electron chi connectivity index (χ2n) is 7.34. The summed E-state index contributed by atoms with van der Waals surface area (Å²) >= 11 is 0. The highest BCUT2D eigenvalue weighted by Gasteiger charge is 2.15. The van der Waals surface area contributed by atoms with Crippen LogP contribution in [0.2, 0.25) is 0 Å².